The molecule has 27 heavy (non-hydrogen) atoms. The van der Waals surface area contributed by atoms with Crippen LogP contribution in [-0.2, 0) is 4.79 Å². The number of rotatable bonds is 2. The Kier molecular flexibility index (Phi) is 5.57. The summed E-state index contributed by atoms with van der Waals surface area (Å²) in [6, 6.07) is 15.8. The van der Waals surface area contributed by atoms with E-state index in [1.807, 2.05) is 48.5 Å². The van der Waals surface area contributed by atoms with E-state index in [-0.39, 0.29) is 5.91 Å². The zero-order valence-electron chi connectivity index (χ0n) is 14.4. The van der Waals surface area contributed by atoms with Crippen LogP contribution in [0.25, 0.3) is 6.08 Å². The van der Waals surface area contributed by atoms with Crippen molar-refractivity contribution in [3.8, 4) is 0 Å². The molecule has 0 unspecified atom stereocenters. The molecule has 4 rings (SSSR count). The van der Waals surface area contributed by atoms with Gasteiger partial charge in [0.15, 0.2) is 5.17 Å². The lowest BCUT2D eigenvalue weighted by molar-refractivity contribution is -0.113. The SMILES string of the molecule is O=C1N=C(N2CCN(c3cccc(Cl)c3)CC2)S/C1=C\c1ccccc1Br. The largest absolute Gasteiger partial charge is 0.368 e. The van der Waals surface area contributed by atoms with Crippen molar-refractivity contribution in [2.45, 2.75) is 0 Å². The zero-order valence-corrected chi connectivity index (χ0v) is 17.6. The van der Waals surface area contributed by atoms with Gasteiger partial charge in [-0.2, -0.15) is 4.99 Å². The molecule has 2 aromatic rings. The Bertz CT molecular complexity index is 938. The number of amidine groups is 1. The average molecular weight is 463 g/mol. The van der Waals surface area contributed by atoms with Gasteiger partial charge in [-0.1, -0.05) is 51.8 Å². The van der Waals surface area contributed by atoms with Crippen LogP contribution in [0, 0.1) is 0 Å². The van der Waals surface area contributed by atoms with Gasteiger partial charge in [0.05, 0.1) is 4.91 Å². The lowest BCUT2D eigenvalue weighted by Gasteiger charge is -2.36. The molecule has 2 aromatic carbocycles. The molecule has 0 bridgehead atoms. The molecule has 2 heterocycles. The fourth-order valence-corrected chi connectivity index (χ4v) is 4.63. The number of hydrogen-bond acceptors (Lipinski definition) is 4. The van der Waals surface area contributed by atoms with Crippen LogP contribution in [0.3, 0.4) is 0 Å². The Labute approximate surface area is 176 Å². The smallest absolute Gasteiger partial charge is 0.286 e. The topological polar surface area (TPSA) is 35.9 Å². The lowest BCUT2D eigenvalue weighted by atomic mass is 10.2. The van der Waals surface area contributed by atoms with Crippen molar-refractivity contribution in [1.82, 2.24) is 4.90 Å². The van der Waals surface area contributed by atoms with E-state index in [0.29, 0.717) is 4.91 Å². The highest BCUT2D eigenvalue weighted by Gasteiger charge is 2.28. The number of halogens is 2. The number of hydrogen-bond donors (Lipinski definition) is 0. The van der Waals surface area contributed by atoms with E-state index in [4.69, 9.17) is 11.6 Å². The first kappa shape index (κ1) is 18.6. The fourth-order valence-electron chi connectivity index (χ4n) is 3.10. The maximum atomic E-state index is 12.3. The van der Waals surface area contributed by atoms with Crippen LogP contribution in [0.15, 0.2) is 62.9 Å². The number of piperazine rings is 1. The number of carbonyl (C=O) groups is 1. The van der Waals surface area contributed by atoms with Crippen LogP contribution >= 0.6 is 39.3 Å². The number of benzene rings is 2. The van der Waals surface area contributed by atoms with Gasteiger partial charge in [-0.05, 0) is 47.7 Å². The molecule has 0 aliphatic carbocycles. The predicted octanol–water partition coefficient (Wildman–Crippen LogP) is 4.90. The Morgan fingerprint density at radius 1 is 1.04 bits per heavy atom. The summed E-state index contributed by atoms with van der Waals surface area (Å²) < 4.78 is 0.967. The summed E-state index contributed by atoms with van der Waals surface area (Å²) in [6.07, 6.45) is 1.90. The van der Waals surface area contributed by atoms with Crippen LogP contribution in [0.5, 0.6) is 0 Å². The molecule has 0 aromatic heterocycles. The van der Waals surface area contributed by atoms with E-state index < -0.39 is 0 Å². The second kappa shape index (κ2) is 8.09. The van der Waals surface area contributed by atoms with E-state index in [0.717, 1.165) is 52.1 Å². The molecule has 138 valence electrons. The Hall–Kier alpha value is -1.76. The van der Waals surface area contributed by atoms with Gasteiger partial charge in [0.25, 0.3) is 5.91 Å². The minimum atomic E-state index is -0.164. The molecule has 1 amide bonds. The van der Waals surface area contributed by atoms with Crippen LogP contribution in [-0.4, -0.2) is 42.2 Å². The van der Waals surface area contributed by atoms with Gasteiger partial charge in [-0.3, -0.25) is 4.79 Å². The third kappa shape index (κ3) is 4.23. The quantitative estimate of drug-likeness (QED) is 0.595. The van der Waals surface area contributed by atoms with Crippen LogP contribution < -0.4 is 4.90 Å². The molecule has 0 saturated carbocycles. The van der Waals surface area contributed by atoms with Gasteiger partial charge in [-0.15, -0.1) is 0 Å². The van der Waals surface area contributed by atoms with Crippen molar-refractivity contribution in [3.05, 3.63) is 68.5 Å². The van der Waals surface area contributed by atoms with Crippen molar-refractivity contribution in [1.29, 1.82) is 0 Å². The molecular formula is C20H17BrClN3OS. The van der Waals surface area contributed by atoms with Gasteiger partial charge in [0, 0.05) is 41.4 Å². The van der Waals surface area contributed by atoms with Gasteiger partial charge in [0.2, 0.25) is 0 Å². The second-order valence-electron chi connectivity index (χ2n) is 6.29. The minimum absolute atomic E-state index is 0.164. The molecule has 1 saturated heterocycles. The number of thioether (sulfide) groups is 1. The molecule has 0 radical (unpaired) electrons. The summed E-state index contributed by atoms with van der Waals surface area (Å²) in [5.74, 6) is -0.164. The number of aliphatic imine (C=N–C) groups is 1. The van der Waals surface area contributed by atoms with Crippen LogP contribution in [0.4, 0.5) is 5.69 Å². The average Bonchev–Trinajstić information content (AvgIpc) is 3.04. The molecule has 4 nitrogen and oxygen atoms in total. The van der Waals surface area contributed by atoms with Crippen molar-refractivity contribution in [2.24, 2.45) is 4.99 Å². The maximum Gasteiger partial charge on any atom is 0.286 e. The molecule has 0 spiro atoms. The standard InChI is InChI=1S/C20H17BrClN3OS/c21-17-7-2-1-4-14(17)12-18-19(26)23-20(27-18)25-10-8-24(9-11-25)16-6-3-5-15(22)13-16/h1-7,12-13H,8-11H2/b18-12-. The van der Waals surface area contributed by atoms with E-state index in [2.05, 4.69) is 36.8 Å². The first-order chi connectivity index (χ1) is 13.1. The second-order valence-corrected chi connectivity index (χ2v) is 8.59. The van der Waals surface area contributed by atoms with Crippen molar-refractivity contribution in [3.63, 3.8) is 0 Å². The van der Waals surface area contributed by atoms with Crippen molar-refractivity contribution in [2.75, 3.05) is 31.1 Å². The van der Waals surface area contributed by atoms with Gasteiger partial charge in [-0.25, -0.2) is 0 Å². The molecule has 0 atom stereocenters. The molecule has 7 heteroatoms. The summed E-state index contributed by atoms with van der Waals surface area (Å²) in [5.41, 5.74) is 2.12. The summed E-state index contributed by atoms with van der Waals surface area (Å²) >= 11 is 11.1. The van der Waals surface area contributed by atoms with Gasteiger partial charge >= 0.3 is 0 Å². The lowest BCUT2D eigenvalue weighted by Crippen LogP contribution is -2.47. The first-order valence-corrected chi connectivity index (χ1v) is 10.6. The number of amides is 1. The number of nitrogens with zero attached hydrogens (tertiary/aromatic N) is 3. The highest BCUT2D eigenvalue weighted by molar-refractivity contribution is 9.10. The summed E-state index contributed by atoms with van der Waals surface area (Å²) in [5, 5.41) is 1.54. The van der Waals surface area contributed by atoms with E-state index in [1.165, 1.54) is 11.8 Å². The highest BCUT2D eigenvalue weighted by atomic mass is 79.9. The monoisotopic (exact) mass is 461 g/mol. The zero-order chi connectivity index (χ0) is 18.8. The van der Waals surface area contributed by atoms with E-state index in [1.54, 1.807) is 0 Å². The molecule has 2 aliphatic heterocycles. The minimum Gasteiger partial charge on any atom is -0.368 e. The normalized spacial score (nSPS) is 19.0. The van der Waals surface area contributed by atoms with E-state index in [9.17, 15) is 4.79 Å². The summed E-state index contributed by atoms with van der Waals surface area (Å²) in [6.45, 7) is 3.40. The fraction of sp³-hybridized carbons (Fsp3) is 0.200. The third-order valence-corrected chi connectivity index (χ3v) is 6.53. The van der Waals surface area contributed by atoms with Crippen LogP contribution in [0.1, 0.15) is 5.56 Å². The summed E-state index contributed by atoms with van der Waals surface area (Å²) in [7, 11) is 0. The highest BCUT2D eigenvalue weighted by Crippen LogP contribution is 2.32. The number of anilines is 1. The first-order valence-electron chi connectivity index (χ1n) is 8.63. The summed E-state index contributed by atoms with van der Waals surface area (Å²) in [4.78, 5) is 21.8. The Morgan fingerprint density at radius 2 is 1.78 bits per heavy atom. The Balaban J connectivity index is 1.42. The van der Waals surface area contributed by atoms with Gasteiger partial charge < -0.3 is 9.80 Å². The van der Waals surface area contributed by atoms with Gasteiger partial charge in [0.1, 0.15) is 0 Å². The molecule has 2 aliphatic rings. The van der Waals surface area contributed by atoms with Crippen molar-refractivity contribution < 1.29 is 4.79 Å². The third-order valence-electron chi connectivity index (χ3n) is 4.52. The molecular weight excluding hydrogens is 446 g/mol. The number of carbonyl (C=O) groups excluding carboxylic acids is 1. The molecule has 1 fully saturated rings. The molecule has 0 N–H and O–H groups in total. The Morgan fingerprint density at radius 3 is 2.52 bits per heavy atom. The predicted molar refractivity (Wildman–Crippen MR) is 117 cm³/mol. The van der Waals surface area contributed by atoms with Crippen molar-refractivity contribution >= 4 is 62.1 Å². The maximum absolute atomic E-state index is 12.3. The van der Waals surface area contributed by atoms with Crippen LogP contribution in [0.2, 0.25) is 5.02 Å². The van der Waals surface area contributed by atoms with E-state index >= 15 is 0 Å².